The Morgan fingerprint density at radius 2 is 1.86 bits per heavy atom. The SMILES string of the molecule is CC(C(=O)O)N(C)CCCOc1ccc(C(C)(C)C)cc1. The molecule has 1 aromatic carbocycles. The maximum atomic E-state index is 10.8. The van der Waals surface area contributed by atoms with Crippen molar-refractivity contribution in [2.24, 2.45) is 0 Å². The summed E-state index contributed by atoms with van der Waals surface area (Å²) in [5.74, 6) is 0.0631. The topological polar surface area (TPSA) is 49.8 Å². The van der Waals surface area contributed by atoms with Crippen molar-refractivity contribution in [1.82, 2.24) is 4.90 Å². The second kappa shape index (κ2) is 7.46. The van der Waals surface area contributed by atoms with Crippen LogP contribution < -0.4 is 4.74 Å². The van der Waals surface area contributed by atoms with Gasteiger partial charge in [0.15, 0.2) is 0 Å². The van der Waals surface area contributed by atoms with Crippen LogP contribution >= 0.6 is 0 Å². The molecule has 0 aromatic heterocycles. The molecular weight excluding hydrogens is 266 g/mol. The molecule has 0 bridgehead atoms. The predicted molar refractivity (Wildman–Crippen MR) is 85.0 cm³/mol. The molecule has 0 aliphatic heterocycles. The lowest BCUT2D eigenvalue weighted by Gasteiger charge is -2.21. The zero-order valence-electron chi connectivity index (χ0n) is 13.7. The highest BCUT2D eigenvalue weighted by molar-refractivity contribution is 5.72. The molecule has 0 radical (unpaired) electrons. The Hall–Kier alpha value is -1.55. The van der Waals surface area contributed by atoms with Crippen LogP contribution in [0.4, 0.5) is 0 Å². The van der Waals surface area contributed by atoms with Gasteiger partial charge >= 0.3 is 5.97 Å². The Morgan fingerprint density at radius 1 is 1.29 bits per heavy atom. The summed E-state index contributed by atoms with van der Waals surface area (Å²) in [7, 11) is 1.82. The van der Waals surface area contributed by atoms with E-state index in [1.54, 1.807) is 6.92 Å². The third kappa shape index (κ3) is 5.76. The normalized spacial score (nSPS) is 13.2. The van der Waals surface area contributed by atoms with Crippen LogP contribution in [0.15, 0.2) is 24.3 Å². The van der Waals surface area contributed by atoms with Crippen LogP contribution in [0.1, 0.15) is 39.7 Å². The van der Waals surface area contributed by atoms with Crippen LogP contribution in [0.25, 0.3) is 0 Å². The van der Waals surface area contributed by atoms with Crippen molar-refractivity contribution in [3.63, 3.8) is 0 Å². The van der Waals surface area contributed by atoms with Gasteiger partial charge in [-0.3, -0.25) is 9.69 Å². The van der Waals surface area contributed by atoms with Gasteiger partial charge in [-0.25, -0.2) is 0 Å². The molecule has 1 aromatic rings. The van der Waals surface area contributed by atoms with Crippen LogP contribution in [0, 0.1) is 0 Å². The summed E-state index contributed by atoms with van der Waals surface area (Å²) in [6, 6.07) is 7.70. The molecule has 0 fully saturated rings. The minimum Gasteiger partial charge on any atom is -0.494 e. The monoisotopic (exact) mass is 293 g/mol. The molecule has 4 heteroatoms. The third-order valence-corrected chi connectivity index (χ3v) is 3.66. The average Bonchev–Trinajstić information content (AvgIpc) is 2.42. The molecule has 0 heterocycles. The first-order valence-corrected chi connectivity index (χ1v) is 7.38. The summed E-state index contributed by atoms with van der Waals surface area (Å²) in [4.78, 5) is 12.6. The first kappa shape index (κ1) is 17.5. The number of likely N-dealkylation sites (N-methyl/N-ethyl adjacent to an activating group) is 1. The fraction of sp³-hybridized carbons (Fsp3) is 0.588. The van der Waals surface area contributed by atoms with Crippen LogP contribution in [0.2, 0.25) is 0 Å². The van der Waals surface area contributed by atoms with Gasteiger partial charge in [0.1, 0.15) is 11.8 Å². The fourth-order valence-corrected chi connectivity index (χ4v) is 1.94. The van der Waals surface area contributed by atoms with Crippen molar-refractivity contribution >= 4 is 5.97 Å². The van der Waals surface area contributed by atoms with E-state index >= 15 is 0 Å². The third-order valence-electron chi connectivity index (χ3n) is 3.66. The number of nitrogens with zero attached hydrogens (tertiary/aromatic N) is 1. The van der Waals surface area contributed by atoms with E-state index in [-0.39, 0.29) is 5.41 Å². The fourth-order valence-electron chi connectivity index (χ4n) is 1.94. The molecule has 21 heavy (non-hydrogen) atoms. The van der Waals surface area contributed by atoms with E-state index in [0.29, 0.717) is 13.2 Å². The standard InChI is InChI=1S/C17H27NO3/c1-13(16(19)20)18(5)11-6-12-21-15-9-7-14(8-10-15)17(2,3)4/h7-10,13H,6,11-12H2,1-5H3,(H,19,20). The summed E-state index contributed by atoms with van der Waals surface area (Å²) < 4.78 is 5.69. The largest absolute Gasteiger partial charge is 0.494 e. The van der Waals surface area contributed by atoms with E-state index in [0.717, 1.165) is 12.2 Å². The number of hydrogen-bond acceptors (Lipinski definition) is 3. The Labute approximate surface area is 127 Å². The van der Waals surface area contributed by atoms with Gasteiger partial charge in [0.2, 0.25) is 0 Å². The van der Waals surface area contributed by atoms with Gasteiger partial charge in [-0.15, -0.1) is 0 Å². The molecule has 1 rings (SSSR count). The summed E-state index contributed by atoms with van der Waals surface area (Å²) in [5.41, 5.74) is 1.43. The lowest BCUT2D eigenvalue weighted by Crippen LogP contribution is -2.36. The van der Waals surface area contributed by atoms with Gasteiger partial charge in [-0.2, -0.15) is 0 Å². The number of carboxylic acid groups (broad SMARTS) is 1. The molecule has 1 N–H and O–H groups in total. The summed E-state index contributed by atoms with van der Waals surface area (Å²) in [6.45, 7) is 9.53. The van der Waals surface area contributed by atoms with Crippen LogP contribution in [0.5, 0.6) is 5.75 Å². The van der Waals surface area contributed by atoms with Gasteiger partial charge < -0.3 is 9.84 Å². The second-order valence-corrected chi connectivity index (χ2v) is 6.47. The smallest absolute Gasteiger partial charge is 0.320 e. The molecule has 1 unspecified atom stereocenters. The highest BCUT2D eigenvalue weighted by atomic mass is 16.5. The minimum atomic E-state index is -0.795. The second-order valence-electron chi connectivity index (χ2n) is 6.47. The first-order valence-electron chi connectivity index (χ1n) is 7.38. The summed E-state index contributed by atoms with van der Waals surface area (Å²) in [5, 5.41) is 8.91. The lowest BCUT2D eigenvalue weighted by molar-refractivity contribution is -0.142. The van der Waals surface area contributed by atoms with E-state index in [4.69, 9.17) is 9.84 Å². The molecule has 0 saturated heterocycles. The molecular formula is C17H27NO3. The van der Waals surface area contributed by atoms with Gasteiger partial charge in [0.25, 0.3) is 0 Å². The van der Waals surface area contributed by atoms with Crippen LogP contribution in [-0.2, 0) is 10.2 Å². The maximum absolute atomic E-state index is 10.8. The van der Waals surface area contributed by atoms with Crippen molar-refractivity contribution in [2.75, 3.05) is 20.2 Å². The number of aliphatic carboxylic acids is 1. The zero-order valence-corrected chi connectivity index (χ0v) is 13.7. The molecule has 118 valence electrons. The predicted octanol–water partition coefficient (Wildman–Crippen LogP) is 3.16. The number of ether oxygens (including phenoxy) is 1. The van der Waals surface area contributed by atoms with Crippen molar-refractivity contribution in [2.45, 2.75) is 45.6 Å². The van der Waals surface area contributed by atoms with Gasteiger partial charge in [-0.1, -0.05) is 32.9 Å². The Bertz CT molecular complexity index is 448. The Kier molecular flexibility index (Phi) is 6.21. The Morgan fingerprint density at radius 3 is 2.33 bits per heavy atom. The molecule has 1 atom stereocenters. The molecule has 0 spiro atoms. The minimum absolute atomic E-state index is 0.147. The summed E-state index contributed by atoms with van der Waals surface area (Å²) >= 11 is 0. The zero-order chi connectivity index (χ0) is 16.0. The highest BCUT2D eigenvalue weighted by Crippen LogP contribution is 2.24. The van der Waals surface area contributed by atoms with E-state index in [1.807, 2.05) is 24.1 Å². The molecule has 0 aliphatic rings. The van der Waals surface area contributed by atoms with Crippen LogP contribution in [-0.4, -0.2) is 42.2 Å². The lowest BCUT2D eigenvalue weighted by atomic mass is 9.87. The van der Waals surface area contributed by atoms with Crippen molar-refractivity contribution in [3.05, 3.63) is 29.8 Å². The van der Waals surface area contributed by atoms with E-state index < -0.39 is 12.0 Å². The van der Waals surface area contributed by atoms with Crippen molar-refractivity contribution < 1.29 is 14.6 Å². The van der Waals surface area contributed by atoms with E-state index in [1.165, 1.54) is 5.56 Å². The van der Waals surface area contributed by atoms with Crippen molar-refractivity contribution in [1.29, 1.82) is 0 Å². The molecule has 0 saturated carbocycles. The van der Waals surface area contributed by atoms with Gasteiger partial charge in [-0.05, 0) is 43.5 Å². The summed E-state index contributed by atoms with van der Waals surface area (Å²) in [6.07, 6.45) is 0.801. The average molecular weight is 293 g/mol. The first-order chi connectivity index (χ1) is 9.71. The quantitative estimate of drug-likeness (QED) is 0.785. The van der Waals surface area contributed by atoms with Crippen molar-refractivity contribution in [3.8, 4) is 5.75 Å². The Balaban J connectivity index is 2.35. The van der Waals surface area contributed by atoms with E-state index in [9.17, 15) is 4.79 Å². The van der Waals surface area contributed by atoms with Gasteiger partial charge in [0.05, 0.1) is 6.61 Å². The number of carbonyl (C=O) groups is 1. The number of rotatable bonds is 7. The molecule has 4 nitrogen and oxygen atoms in total. The number of hydrogen-bond donors (Lipinski definition) is 1. The number of benzene rings is 1. The molecule has 0 aliphatic carbocycles. The number of carboxylic acids is 1. The van der Waals surface area contributed by atoms with Crippen LogP contribution in [0.3, 0.4) is 0 Å². The maximum Gasteiger partial charge on any atom is 0.320 e. The van der Waals surface area contributed by atoms with E-state index in [2.05, 4.69) is 32.9 Å². The highest BCUT2D eigenvalue weighted by Gasteiger charge is 2.16. The molecule has 0 amide bonds. The van der Waals surface area contributed by atoms with Gasteiger partial charge in [0, 0.05) is 6.54 Å².